The van der Waals surface area contributed by atoms with Gasteiger partial charge >= 0.3 is 0 Å². The maximum Gasteiger partial charge on any atom is 0.133 e. The molecule has 0 aliphatic rings. The molecule has 0 atom stereocenters. The molecular weight excluding hydrogens is 504 g/mol. The SMILES string of the molecule is C=Cc1c(-c2c(O)c(C)c(O)c(C)c2O)ccc(-c2c(C=C)c(C=C)c(-c3ccccc3)c3ccccc23)c1C=C. The number of phenolic OH excluding ortho intramolecular Hbond substituents is 3. The van der Waals surface area contributed by atoms with Crippen molar-refractivity contribution in [3.8, 4) is 50.6 Å². The summed E-state index contributed by atoms with van der Waals surface area (Å²) in [5, 5.41) is 34.6. The topological polar surface area (TPSA) is 60.7 Å². The van der Waals surface area contributed by atoms with Crippen LogP contribution in [0, 0.1) is 13.8 Å². The van der Waals surface area contributed by atoms with Gasteiger partial charge in [-0.3, -0.25) is 0 Å². The molecule has 3 N–H and O–H groups in total. The Morgan fingerprint density at radius 2 is 0.878 bits per heavy atom. The third-order valence-corrected chi connectivity index (χ3v) is 7.89. The minimum atomic E-state index is -0.185. The molecule has 0 unspecified atom stereocenters. The molecule has 3 heteroatoms. The van der Waals surface area contributed by atoms with E-state index < -0.39 is 0 Å². The van der Waals surface area contributed by atoms with Gasteiger partial charge in [0.15, 0.2) is 0 Å². The van der Waals surface area contributed by atoms with E-state index in [1.807, 2.05) is 54.6 Å². The summed E-state index contributed by atoms with van der Waals surface area (Å²) in [6.07, 6.45) is 7.22. The lowest BCUT2D eigenvalue weighted by atomic mass is 9.80. The number of phenols is 3. The summed E-state index contributed by atoms with van der Waals surface area (Å²) in [5.41, 5.74) is 8.84. The summed E-state index contributed by atoms with van der Waals surface area (Å²) in [6, 6.07) is 22.4. The monoisotopic (exact) mass is 536 g/mol. The minimum absolute atomic E-state index is 0.137. The van der Waals surface area contributed by atoms with Crippen LogP contribution in [-0.4, -0.2) is 15.3 Å². The van der Waals surface area contributed by atoms with E-state index in [0.29, 0.717) is 22.3 Å². The van der Waals surface area contributed by atoms with Gasteiger partial charge in [0.05, 0.1) is 5.56 Å². The highest BCUT2D eigenvalue weighted by molar-refractivity contribution is 6.13. The fourth-order valence-electron chi connectivity index (χ4n) is 5.87. The van der Waals surface area contributed by atoms with Gasteiger partial charge in [-0.05, 0) is 74.7 Å². The Hall–Kier alpha value is -5.28. The van der Waals surface area contributed by atoms with Crippen molar-refractivity contribution in [1.29, 1.82) is 0 Å². The van der Waals surface area contributed by atoms with E-state index in [4.69, 9.17) is 0 Å². The number of benzene rings is 5. The zero-order chi connectivity index (χ0) is 29.4. The largest absolute Gasteiger partial charge is 0.507 e. The van der Waals surface area contributed by atoms with E-state index in [-0.39, 0.29) is 22.8 Å². The van der Waals surface area contributed by atoms with Crippen molar-refractivity contribution < 1.29 is 15.3 Å². The lowest BCUT2D eigenvalue weighted by Gasteiger charge is -2.23. The van der Waals surface area contributed by atoms with Crippen molar-refractivity contribution in [2.45, 2.75) is 13.8 Å². The molecule has 5 aromatic rings. The van der Waals surface area contributed by atoms with Gasteiger partial charge in [-0.15, -0.1) is 0 Å². The van der Waals surface area contributed by atoms with Crippen molar-refractivity contribution in [2.24, 2.45) is 0 Å². The molecule has 5 rings (SSSR count). The molecule has 3 nitrogen and oxygen atoms in total. The molecule has 0 fully saturated rings. The van der Waals surface area contributed by atoms with Crippen molar-refractivity contribution in [3.05, 3.63) is 126 Å². The van der Waals surface area contributed by atoms with Crippen LogP contribution in [0.2, 0.25) is 0 Å². The van der Waals surface area contributed by atoms with Gasteiger partial charge in [0, 0.05) is 11.1 Å². The summed E-state index contributed by atoms with van der Waals surface area (Å²) in [4.78, 5) is 0. The molecule has 0 spiro atoms. The van der Waals surface area contributed by atoms with Crippen molar-refractivity contribution >= 4 is 35.1 Å². The van der Waals surface area contributed by atoms with Crippen molar-refractivity contribution in [3.63, 3.8) is 0 Å². The molecule has 41 heavy (non-hydrogen) atoms. The smallest absolute Gasteiger partial charge is 0.133 e. The predicted octanol–water partition coefficient (Wildman–Crippen LogP) is 10.1. The third-order valence-electron chi connectivity index (χ3n) is 7.89. The second kappa shape index (κ2) is 10.7. The highest BCUT2D eigenvalue weighted by atomic mass is 16.3. The lowest BCUT2D eigenvalue weighted by Crippen LogP contribution is -1.99. The highest BCUT2D eigenvalue weighted by Crippen LogP contribution is 2.50. The summed E-state index contributed by atoms with van der Waals surface area (Å²) in [7, 11) is 0. The summed E-state index contributed by atoms with van der Waals surface area (Å²) in [6.45, 7) is 19.8. The Kier molecular flexibility index (Phi) is 7.13. The quantitative estimate of drug-likeness (QED) is 0.194. The standard InChI is InChI=1S/C38H32O3/c1-7-25-26(8-2)32(35-37(40)22(5)36(39)23(6)38(35)41)21-20-31(25)34-28(10-4)27(9-3)33(24-16-12-11-13-17-24)29-18-14-15-19-30(29)34/h7-21,39-41H,1-4H2,5-6H3. The molecule has 0 radical (unpaired) electrons. The number of aromatic hydroxyl groups is 3. The Bertz CT molecular complexity index is 1860. The van der Waals surface area contributed by atoms with Gasteiger partial charge in [0.2, 0.25) is 0 Å². The average molecular weight is 537 g/mol. The minimum Gasteiger partial charge on any atom is -0.507 e. The Morgan fingerprint density at radius 3 is 1.37 bits per heavy atom. The summed E-state index contributed by atoms with van der Waals surface area (Å²) >= 11 is 0. The zero-order valence-electron chi connectivity index (χ0n) is 23.3. The highest BCUT2D eigenvalue weighted by Gasteiger charge is 2.25. The molecular formula is C38H32O3. The van der Waals surface area contributed by atoms with Crippen LogP contribution in [0.3, 0.4) is 0 Å². The van der Waals surface area contributed by atoms with E-state index in [2.05, 4.69) is 50.6 Å². The van der Waals surface area contributed by atoms with Crippen LogP contribution in [0.1, 0.15) is 33.4 Å². The van der Waals surface area contributed by atoms with Crippen LogP contribution in [-0.2, 0) is 0 Å². The Labute approximate surface area is 241 Å². The van der Waals surface area contributed by atoms with Crippen LogP contribution < -0.4 is 0 Å². The number of rotatable bonds is 7. The fourth-order valence-corrected chi connectivity index (χ4v) is 5.87. The molecule has 0 aliphatic heterocycles. The van der Waals surface area contributed by atoms with Gasteiger partial charge in [-0.2, -0.15) is 0 Å². The number of hydrogen-bond acceptors (Lipinski definition) is 3. The molecule has 0 aromatic heterocycles. The maximum atomic E-state index is 11.0. The van der Waals surface area contributed by atoms with Crippen molar-refractivity contribution in [2.75, 3.05) is 0 Å². The molecule has 0 amide bonds. The van der Waals surface area contributed by atoms with Gasteiger partial charge in [-0.1, -0.05) is 117 Å². The Balaban J connectivity index is 1.93. The van der Waals surface area contributed by atoms with E-state index >= 15 is 0 Å². The normalized spacial score (nSPS) is 10.9. The molecule has 0 aliphatic carbocycles. The van der Waals surface area contributed by atoms with E-state index in [1.54, 1.807) is 26.0 Å². The second-order valence-electron chi connectivity index (χ2n) is 9.96. The third kappa shape index (κ3) is 4.14. The molecule has 0 saturated heterocycles. The van der Waals surface area contributed by atoms with E-state index in [0.717, 1.165) is 49.7 Å². The molecule has 5 aromatic carbocycles. The molecule has 202 valence electrons. The van der Waals surface area contributed by atoms with Gasteiger partial charge < -0.3 is 15.3 Å². The predicted molar refractivity (Wildman–Crippen MR) is 175 cm³/mol. The maximum absolute atomic E-state index is 11.0. The van der Waals surface area contributed by atoms with E-state index in [9.17, 15) is 15.3 Å². The first-order chi connectivity index (χ1) is 19.8. The first-order valence-electron chi connectivity index (χ1n) is 13.4. The number of fused-ring (bicyclic) bond motifs is 1. The first kappa shape index (κ1) is 27.3. The zero-order valence-corrected chi connectivity index (χ0v) is 23.3. The first-order valence-corrected chi connectivity index (χ1v) is 13.4. The van der Waals surface area contributed by atoms with Gasteiger partial charge in [-0.25, -0.2) is 0 Å². The molecule has 0 saturated carbocycles. The summed E-state index contributed by atoms with van der Waals surface area (Å²) in [5.74, 6) is -0.508. The molecule has 0 bridgehead atoms. The van der Waals surface area contributed by atoms with Gasteiger partial charge in [0.1, 0.15) is 17.2 Å². The van der Waals surface area contributed by atoms with Crippen LogP contribution in [0.15, 0.2) is 93.0 Å². The lowest BCUT2D eigenvalue weighted by molar-refractivity contribution is 0.420. The number of hydrogen-bond donors (Lipinski definition) is 3. The Morgan fingerprint density at radius 1 is 0.463 bits per heavy atom. The van der Waals surface area contributed by atoms with Crippen molar-refractivity contribution in [1.82, 2.24) is 0 Å². The van der Waals surface area contributed by atoms with Crippen LogP contribution in [0.25, 0.3) is 68.5 Å². The molecule has 0 heterocycles. The second-order valence-corrected chi connectivity index (χ2v) is 9.96. The fraction of sp³-hybridized carbons (Fsp3) is 0.0526. The van der Waals surface area contributed by atoms with Crippen LogP contribution >= 0.6 is 0 Å². The average Bonchev–Trinajstić information content (AvgIpc) is 3.01. The van der Waals surface area contributed by atoms with E-state index in [1.165, 1.54) is 0 Å². The van der Waals surface area contributed by atoms with Crippen LogP contribution in [0.5, 0.6) is 17.2 Å². The van der Waals surface area contributed by atoms with Gasteiger partial charge in [0.25, 0.3) is 0 Å². The summed E-state index contributed by atoms with van der Waals surface area (Å²) < 4.78 is 0. The van der Waals surface area contributed by atoms with Crippen LogP contribution in [0.4, 0.5) is 0 Å².